The van der Waals surface area contributed by atoms with Crippen molar-refractivity contribution >= 4 is 15.9 Å². The van der Waals surface area contributed by atoms with Crippen molar-refractivity contribution in [2.45, 2.75) is 33.2 Å². The minimum Gasteiger partial charge on any atom is -0.329 e. The third kappa shape index (κ3) is 3.80. The van der Waals surface area contributed by atoms with Crippen LogP contribution in [0.25, 0.3) is 0 Å². The molecule has 1 rings (SSSR count). The van der Waals surface area contributed by atoms with Crippen LogP contribution in [0.3, 0.4) is 0 Å². The molecule has 0 heterocycles. The first kappa shape index (κ1) is 14.7. The van der Waals surface area contributed by atoms with E-state index in [0.29, 0.717) is 12.6 Å². The molecule has 0 aliphatic carbocycles. The lowest BCUT2D eigenvalue weighted by Gasteiger charge is -2.30. The first-order valence-electron chi connectivity index (χ1n) is 6.34. The predicted molar refractivity (Wildman–Crippen MR) is 78.2 cm³/mol. The summed E-state index contributed by atoms with van der Waals surface area (Å²) >= 11 is 3.54. The Morgan fingerprint density at radius 3 is 2.53 bits per heavy atom. The van der Waals surface area contributed by atoms with Gasteiger partial charge in [0, 0.05) is 17.1 Å². The maximum absolute atomic E-state index is 5.95. The minimum atomic E-state index is 0.340. The molecule has 0 saturated heterocycles. The number of nitrogens with zero attached hydrogens (tertiary/aromatic N) is 1. The molecule has 0 aromatic heterocycles. The van der Waals surface area contributed by atoms with Crippen molar-refractivity contribution in [1.29, 1.82) is 0 Å². The third-order valence-electron chi connectivity index (χ3n) is 3.15. The number of rotatable bonds is 6. The van der Waals surface area contributed by atoms with Gasteiger partial charge in [-0.2, -0.15) is 0 Å². The molecule has 0 fully saturated rings. The maximum Gasteiger partial charge on any atom is 0.0470 e. The fraction of sp³-hybridized carbons (Fsp3) is 0.571. The minimum absolute atomic E-state index is 0.340. The van der Waals surface area contributed by atoms with Crippen molar-refractivity contribution < 1.29 is 0 Å². The van der Waals surface area contributed by atoms with E-state index < -0.39 is 0 Å². The number of nitrogens with two attached hydrogens (primary N) is 1. The largest absolute Gasteiger partial charge is 0.329 e. The van der Waals surface area contributed by atoms with Gasteiger partial charge in [0.05, 0.1) is 0 Å². The van der Waals surface area contributed by atoms with Crippen LogP contribution < -0.4 is 5.73 Å². The molecule has 1 aromatic rings. The Balaban J connectivity index is 2.95. The van der Waals surface area contributed by atoms with Crippen LogP contribution >= 0.6 is 15.9 Å². The number of hydrogen-bond acceptors (Lipinski definition) is 2. The quantitative estimate of drug-likeness (QED) is 0.871. The normalized spacial score (nSPS) is 13.1. The van der Waals surface area contributed by atoms with Crippen LogP contribution in [-0.2, 0) is 0 Å². The number of benzene rings is 1. The predicted octanol–water partition coefficient (Wildman–Crippen LogP) is 3.49. The number of hydrogen-bond donors (Lipinski definition) is 1. The molecule has 0 bridgehead atoms. The van der Waals surface area contributed by atoms with E-state index >= 15 is 0 Å². The average Bonchev–Trinajstić information content (AvgIpc) is 2.33. The second-order valence-corrected chi connectivity index (χ2v) is 5.24. The summed E-state index contributed by atoms with van der Waals surface area (Å²) in [4.78, 5) is 2.45. The molecule has 96 valence electrons. The van der Waals surface area contributed by atoms with Gasteiger partial charge in [-0.25, -0.2) is 0 Å². The van der Waals surface area contributed by atoms with Gasteiger partial charge in [-0.15, -0.1) is 0 Å². The number of likely N-dealkylation sites (N-methyl/N-ethyl adjacent to an activating group) is 1. The van der Waals surface area contributed by atoms with Crippen LogP contribution in [-0.4, -0.2) is 24.5 Å². The summed E-state index contributed by atoms with van der Waals surface area (Å²) in [5.41, 5.74) is 8.54. The SMILES string of the molecule is CCCN(CC)C(CN)c1ccc(Br)c(C)c1. The van der Waals surface area contributed by atoms with E-state index in [4.69, 9.17) is 5.73 Å². The van der Waals surface area contributed by atoms with Crippen molar-refractivity contribution in [1.82, 2.24) is 4.90 Å². The van der Waals surface area contributed by atoms with Crippen LogP contribution in [0, 0.1) is 6.92 Å². The molecule has 1 unspecified atom stereocenters. The Kier molecular flexibility index (Phi) is 6.17. The van der Waals surface area contributed by atoms with Crippen molar-refractivity contribution in [2.75, 3.05) is 19.6 Å². The molecule has 0 aliphatic heterocycles. The molecular formula is C14H23BrN2. The zero-order valence-electron chi connectivity index (χ0n) is 11.0. The fourth-order valence-corrected chi connectivity index (χ4v) is 2.44. The zero-order chi connectivity index (χ0) is 12.8. The molecule has 2 nitrogen and oxygen atoms in total. The van der Waals surface area contributed by atoms with E-state index in [1.165, 1.54) is 17.5 Å². The van der Waals surface area contributed by atoms with Gasteiger partial charge in [0.1, 0.15) is 0 Å². The monoisotopic (exact) mass is 298 g/mol. The first-order valence-corrected chi connectivity index (χ1v) is 7.13. The van der Waals surface area contributed by atoms with Gasteiger partial charge >= 0.3 is 0 Å². The Morgan fingerprint density at radius 1 is 1.35 bits per heavy atom. The summed E-state index contributed by atoms with van der Waals surface area (Å²) < 4.78 is 1.16. The van der Waals surface area contributed by atoms with E-state index in [2.05, 4.69) is 59.8 Å². The van der Waals surface area contributed by atoms with Gasteiger partial charge in [0.2, 0.25) is 0 Å². The molecule has 0 aliphatic rings. The summed E-state index contributed by atoms with van der Waals surface area (Å²) in [6, 6.07) is 6.87. The van der Waals surface area contributed by atoms with Crippen LogP contribution in [0.1, 0.15) is 37.4 Å². The zero-order valence-corrected chi connectivity index (χ0v) is 12.6. The van der Waals surface area contributed by atoms with Gasteiger partial charge in [0.15, 0.2) is 0 Å². The van der Waals surface area contributed by atoms with Gasteiger partial charge in [-0.05, 0) is 43.6 Å². The second-order valence-electron chi connectivity index (χ2n) is 4.39. The van der Waals surface area contributed by atoms with Crippen molar-refractivity contribution in [2.24, 2.45) is 5.73 Å². The van der Waals surface area contributed by atoms with Gasteiger partial charge in [-0.1, -0.05) is 41.9 Å². The molecule has 1 atom stereocenters. The van der Waals surface area contributed by atoms with Crippen LogP contribution in [0.15, 0.2) is 22.7 Å². The Labute approximate surface area is 113 Å². The first-order chi connectivity index (χ1) is 8.13. The Morgan fingerprint density at radius 2 is 2.06 bits per heavy atom. The van der Waals surface area contributed by atoms with Crippen molar-refractivity contribution in [3.8, 4) is 0 Å². The highest BCUT2D eigenvalue weighted by atomic mass is 79.9. The standard InChI is InChI=1S/C14H23BrN2/c1-4-8-17(5-2)14(10-16)12-6-7-13(15)11(3)9-12/h6-7,9,14H,4-5,8,10,16H2,1-3H3. The summed E-state index contributed by atoms with van der Waals surface area (Å²) in [6.45, 7) is 9.36. The second kappa shape index (κ2) is 7.14. The lowest BCUT2D eigenvalue weighted by Crippen LogP contribution is -2.34. The number of aryl methyl sites for hydroxylation is 1. The van der Waals surface area contributed by atoms with E-state index in [1.807, 2.05) is 0 Å². The third-order valence-corrected chi connectivity index (χ3v) is 4.04. The van der Waals surface area contributed by atoms with Crippen molar-refractivity contribution in [3.05, 3.63) is 33.8 Å². The van der Waals surface area contributed by atoms with E-state index in [0.717, 1.165) is 17.6 Å². The van der Waals surface area contributed by atoms with Gasteiger partial charge in [0.25, 0.3) is 0 Å². The fourth-order valence-electron chi connectivity index (χ4n) is 2.19. The Bertz CT molecular complexity index is 352. The van der Waals surface area contributed by atoms with Crippen LogP contribution in [0.4, 0.5) is 0 Å². The summed E-state index contributed by atoms with van der Waals surface area (Å²) in [7, 11) is 0. The van der Waals surface area contributed by atoms with Gasteiger partial charge < -0.3 is 5.73 Å². The summed E-state index contributed by atoms with van der Waals surface area (Å²) in [6.07, 6.45) is 1.17. The average molecular weight is 299 g/mol. The highest BCUT2D eigenvalue weighted by molar-refractivity contribution is 9.10. The topological polar surface area (TPSA) is 29.3 Å². The summed E-state index contributed by atoms with van der Waals surface area (Å²) in [5.74, 6) is 0. The van der Waals surface area contributed by atoms with E-state index in [1.54, 1.807) is 0 Å². The highest BCUT2D eigenvalue weighted by Gasteiger charge is 2.17. The molecule has 1 aromatic carbocycles. The lowest BCUT2D eigenvalue weighted by atomic mass is 10.0. The van der Waals surface area contributed by atoms with E-state index in [-0.39, 0.29) is 0 Å². The van der Waals surface area contributed by atoms with Crippen molar-refractivity contribution in [3.63, 3.8) is 0 Å². The molecule has 0 radical (unpaired) electrons. The van der Waals surface area contributed by atoms with E-state index in [9.17, 15) is 0 Å². The molecule has 17 heavy (non-hydrogen) atoms. The molecule has 0 saturated carbocycles. The van der Waals surface area contributed by atoms with Gasteiger partial charge in [-0.3, -0.25) is 4.90 Å². The lowest BCUT2D eigenvalue weighted by molar-refractivity contribution is 0.213. The molecule has 3 heteroatoms. The number of halogens is 1. The molecule has 0 amide bonds. The van der Waals surface area contributed by atoms with Crippen LogP contribution in [0.2, 0.25) is 0 Å². The maximum atomic E-state index is 5.95. The smallest absolute Gasteiger partial charge is 0.0470 e. The molecule has 2 N–H and O–H groups in total. The molecular weight excluding hydrogens is 276 g/mol. The highest BCUT2D eigenvalue weighted by Crippen LogP contribution is 2.24. The summed E-state index contributed by atoms with van der Waals surface area (Å²) in [5, 5.41) is 0. The Hall–Kier alpha value is -0.380. The molecule has 0 spiro atoms. The van der Waals surface area contributed by atoms with Crippen LogP contribution in [0.5, 0.6) is 0 Å².